The maximum Gasteiger partial charge on any atom is 0.277 e. The number of hydrogen-bond acceptors (Lipinski definition) is 8. The first kappa shape index (κ1) is 23.6. The van der Waals surface area contributed by atoms with Crippen LogP contribution < -0.4 is 15.6 Å². The molecule has 0 spiro atoms. The molecule has 178 valence electrons. The Labute approximate surface area is 200 Å². The van der Waals surface area contributed by atoms with Crippen LogP contribution >= 0.6 is 11.3 Å². The lowest BCUT2D eigenvalue weighted by Gasteiger charge is -2.12. The van der Waals surface area contributed by atoms with Crippen molar-refractivity contribution in [2.24, 2.45) is 0 Å². The van der Waals surface area contributed by atoms with Gasteiger partial charge in [-0.05, 0) is 38.5 Å². The number of nitrogens with one attached hydrogen (secondary N) is 2. The van der Waals surface area contributed by atoms with Crippen LogP contribution in [0, 0.1) is 6.92 Å². The Morgan fingerprint density at radius 1 is 1.26 bits per heavy atom. The van der Waals surface area contributed by atoms with Crippen LogP contribution in [-0.2, 0) is 16.0 Å². The maximum atomic E-state index is 12.9. The molecule has 0 fully saturated rings. The van der Waals surface area contributed by atoms with E-state index in [0.29, 0.717) is 52.2 Å². The molecule has 11 heteroatoms. The number of rotatable bonds is 9. The smallest absolute Gasteiger partial charge is 0.277 e. The first-order valence-corrected chi connectivity index (χ1v) is 11.8. The van der Waals surface area contributed by atoms with Gasteiger partial charge in [-0.2, -0.15) is 0 Å². The predicted molar refractivity (Wildman–Crippen MR) is 131 cm³/mol. The summed E-state index contributed by atoms with van der Waals surface area (Å²) in [4.78, 5) is 36.7. The molecular weight excluding hydrogens is 456 g/mol. The number of anilines is 1. The number of aryl methyl sites for hydroxylation is 2. The van der Waals surface area contributed by atoms with Crippen LogP contribution in [0.15, 0.2) is 28.4 Å². The third kappa shape index (κ3) is 4.70. The summed E-state index contributed by atoms with van der Waals surface area (Å²) in [5, 5.41) is 9.74. The van der Waals surface area contributed by atoms with Crippen molar-refractivity contribution in [3.63, 3.8) is 0 Å². The summed E-state index contributed by atoms with van der Waals surface area (Å²) < 4.78 is 12.3. The topological polar surface area (TPSA) is 124 Å². The van der Waals surface area contributed by atoms with E-state index in [1.54, 1.807) is 4.52 Å². The van der Waals surface area contributed by atoms with Gasteiger partial charge in [-0.25, -0.2) is 14.5 Å². The van der Waals surface area contributed by atoms with E-state index < -0.39 is 0 Å². The largest absolute Gasteiger partial charge is 0.493 e. The van der Waals surface area contributed by atoms with Crippen molar-refractivity contribution in [3.05, 3.63) is 45.5 Å². The Morgan fingerprint density at radius 2 is 2.09 bits per heavy atom. The van der Waals surface area contributed by atoms with Gasteiger partial charge in [-0.3, -0.25) is 14.9 Å². The SMILES string of the molecule is CCCc1nc(C)c2c(=O)[nH]c(-c3cc(-c4csc(NC(=O)COC)n4)ccc3OCC)nn12. The average molecular weight is 483 g/mol. The summed E-state index contributed by atoms with van der Waals surface area (Å²) in [6.45, 7) is 6.17. The number of benzene rings is 1. The Morgan fingerprint density at radius 3 is 2.82 bits per heavy atom. The molecule has 0 saturated carbocycles. The number of fused-ring (bicyclic) bond motifs is 1. The molecule has 0 unspecified atom stereocenters. The maximum absolute atomic E-state index is 12.9. The van der Waals surface area contributed by atoms with Crippen molar-refractivity contribution >= 4 is 27.9 Å². The van der Waals surface area contributed by atoms with Gasteiger partial charge in [0.05, 0.1) is 23.6 Å². The number of hydrogen-bond donors (Lipinski definition) is 2. The van der Waals surface area contributed by atoms with Gasteiger partial charge >= 0.3 is 0 Å². The zero-order chi connectivity index (χ0) is 24.2. The minimum absolute atomic E-state index is 0.0443. The first-order chi connectivity index (χ1) is 16.4. The van der Waals surface area contributed by atoms with Crippen molar-refractivity contribution < 1.29 is 14.3 Å². The van der Waals surface area contributed by atoms with Gasteiger partial charge in [0, 0.05) is 24.5 Å². The minimum Gasteiger partial charge on any atom is -0.493 e. The van der Waals surface area contributed by atoms with Crippen LogP contribution in [0.1, 0.15) is 31.8 Å². The Bertz CT molecular complexity index is 1390. The van der Waals surface area contributed by atoms with Gasteiger partial charge in [0.25, 0.3) is 11.5 Å². The van der Waals surface area contributed by atoms with Crippen molar-refractivity contribution in [2.75, 3.05) is 25.6 Å². The second-order valence-electron chi connectivity index (χ2n) is 7.59. The molecule has 0 radical (unpaired) electrons. The van der Waals surface area contributed by atoms with Gasteiger partial charge in [0.15, 0.2) is 16.5 Å². The van der Waals surface area contributed by atoms with E-state index >= 15 is 0 Å². The lowest BCUT2D eigenvalue weighted by Crippen LogP contribution is -2.16. The Balaban J connectivity index is 1.79. The highest BCUT2D eigenvalue weighted by Gasteiger charge is 2.18. The number of carbonyl (C=O) groups excluding carboxylic acids is 1. The standard InChI is InChI=1S/C23H26N6O4S/c1-5-7-18-24-13(3)20-22(31)27-21(28-29(18)20)15-10-14(8-9-17(15)33-6-2)16-12-34-23(25-16)26-19(30)11-32-4/h8-10,12H,5-7,11H2,1-4H3,(H,25,26,30)(H,27,28,31). The molecule has 0 bridgehead atoms. The number of nitrogens with zero attached hydrogens (tertiary/aromatic N) is 4. The van der Waals surface area contributed by atoms with Crippen molar-refractivity contribution in [2.45, 2.75) is 33.6 Å². The van der Waals surface area contributed by atoms with Crippen molar-refractivity contribution in [1.82, 2.24) is 24.6 Å². The fourth-order valence-corrected chi connectivity index (χ4v) is 4.38. The number of aromatic nitrogens is 5. The molecule has 4 aromatic rings. The van der Waals surface area contributed by atoms with E-state index in [1.807, 2.05) is 37.4 Å². The van der Waals surface area contributed by atoms with Gasteiger partial charge in [-0.15, -0.1) is 16.4 Å². The number of thiazole rings is 1. The molecule has 3 aromatic heterocycles. The van der Waals surface area contributed by atoms with E-state index in [1.165, 1.54) is 18.4 Å². The van der Waals surface area contributed by atoms with Gasteiger partial charge in [-0.1, -0.05) is 6.92 Å². The zero-order valence-electron chi connectivity index (χ0n) is 19.5. The van der Waals surface area contributed by atoms with Gasteiger partial charge in [0.2, 0.25) is 0 Å². The zero-order valence-corrected chi connectivity index (χ0v) is 20.3. The predicted octanol–water partition coefficient (Wildman–Crippen LogP) is 3.45. The molecule has 3 heterocycles. The molecule has 1 amide bonds. The summed E-state index contributed by atoms with van der Waals surface area (Å²) >= 11 is 1.31. The number of ether oxygens (including phenoxy) is 2. The van der Waals surface area contributed by atoms with E-state index in [-0.39, 0.29) is 18.1 Å². The highest BCUT2D eigenvalue weighted by Crippen LogP contribution is 2.34. The normalized spacial score (nSPS) is 11.2. The summed E-state index contributed by atoms with van der Waals surface area (Å²) in [6, 6.07) is 5.58. The number of amides is 1. The van der Waals surface area contributed by atoms with E-state index in [9.17, 15) is 9.59 Å². The second-order valence-corrected chi connectivity index (χ2v) is 8.45. The average Bonchev–Trinajstić information content (AvgIpc) is 3.39. The molecule has 0 aliphatic rings. The quantitative estimate of drug-likeness (QED) is 0.374. The number of aromatic amines is 1. The fraction of sp³-hybridized carbons (Fsp3) is 0.348. The van der Waals surface area contributed by atoms with Crippen LogP contribution in [0.2, 0.25) is 0 Å². The second kappa shape index (κ2) is 10.1. The van der Waals surface area contributed by atoms with E-state index in [2.05, 4.69) is 27.2 Å². The summed E-state index contributed by atoms with van der Waals surface area (Å²) in [6.07, 6.45) is 1.59. The molecule has 10 nitrogen and oxygen atoms in total. The lowest BCUT2D eigenvalue weighted by molar-refractivity contribution is -0.119. The number of methoxy groups -OCH3 is 1. The molecule has 34 heavy (non-hydrogen) atoms. The van der Waals surface area contributed by atoms with Crippen LogP contribution in [-0.4, -0.2) is 50.8 Å². The fourth-order valence-electron chi connectivity index (χ4n) is 3.65. The molecule has 0 aliphatic heterocycles. The molecule has 0 aliphatic carbocycles. The molecule has 0 atom stereocenters. The first-order valence-electron chi connectivity index (χ1n) is 11.0. The molecule has 2 N–H and O–H groups in total. The summed E-state index contributed by atoms with van der Waals surface area (Å²) in [5.41, 5.74) is 2.92. The lowest BCUT2D eigenvalue weighted by atomic mass is 10.1. The molecular formula is C23H26N6O4S. The van der Waals surface area contributed by atoms with Crippen molar-refractivity contribution in [1.29, 1.82) is 0 Å². The monoisotopic (exact) mass is 482 g/mol. The van der Waals surface area contributed by atoms with Crippen LogP contribution in [0.4, 0.5) is 5.13 Å². The van der Waals surface area contributed by atoms with E-state index in [0.717, 1.165) is 17.8 Å². The third-order valence-electron chi connectivity index (χ3n) is 5.07. The van der Waals surface area contributed by atoms with E-state index in [4.69, 9.17) is 14.6 Å². The molecule has 1 aromatic carbocycles. The number of H-pyrrole nitrogens is 1. The number of imidazole rings is 1. The summed E-state index contributed by atoms with van der Waals surface area (Å²) in [5.74, 6) is 1.43. The van der Waals surface area contributed by atoms with Crippen LogP contribution in [0.3, 0.4) is 0 Å². The van der Waals surface area contributed by atoms with Crippen LogP contribution in [0.5, 0.6) is 5.75 Å². The summed E-state index contributed by atoms with van der Waals surface area (Å²) in [7, 11) is 1.46. The number of carbonyl (C=O) groups is 1. The molecule has 4 rings (SSSR count). The highest BCUT2D eigenvalue weighted by atomic mass is 32.1. The minimum atomic E-state index is -0.274. The Kier molecular flexibility index (Phi) is 7.03. The van der Waals surface area contributed by atoms with Gasteiger partial charge < -0.3 is 14.5 Å². The van der Waals surface area contributed by atoms with Gasteiger partial charge in [0.1, 0.15) is 18.2 Å². The Hall–Kier alpha value is -3.57. The third-order valence-corrected chi connectivity index (χ3v) is 5.83. The highest BCUT2D eigenvalue weighted by molar-refractivity contribution is 7.14. The molecule has 0 saturated heterocycles. The van der Waals surface area contributed by atoms with Crippen molar-refractivity contribution in [3.8, 4) is 28.4 Å². The van der Waals surface area contributed by atoms with Crippen LogP contribution in [0.25, 0.3) is 28.2 Å².